The fraction of sp³-hybridized carbons (Fsp3) is 0.172. The van der Waals surface area contributed by atoms with Crippen molar-refractivity contribution in [3.05, 3.63) is 99.0 Å². The largest absolute Gasteiger partial charge is 0.494 e. The van der Waals surface area contributed by atoms with Crippen LogP contribution in [-0.4, -0.2) is 12.6 Å². The van der Waals surface area contributed by atoms with E-state index in [1.807, 2.05) is 50.2 Å². The number of hydrogen-bond donors (Lipinski definition) is 1. The highest BCUT2D eigenvalue weighted by atomic mass is 79.9. The van der Waals surface area contributed by atoms with Gasteiger partial charge in [-0.25, -0.2) is 4.79 Å². The molecule has 0 spiro atoms. The molecule has 0 saturated carbocycles. The molecule has 0 aliphatic carbocycles. The molecule has 5 rings (SSSR count). The smallest absolute Gasteiger partial charge is 0.379 e. The molecule has 1 aliphatic heterocycles. The molecule has 0 bridgehead atoms. The number of aryl methyl sites for hydroxylation is 1. The van der Waals surface area contributed by atoms with Gasteiger partial charge in [-0.3, -0.25) is 0 Å². The van der Waals surface area contributed by atoms with Crippen molar-refractivity contribution < 1.29 is 23.4 Å². The molecular formula is C29H23BrN2O5. The van der Waals surface area contributed by atoms with E-state index < -0.39 is 11.9 Å². The first-order valence-corrected chi connectivity index (χ1v) is 12.5. The fourth-order valence-electron chi connectivity index (χ4n) is 4.39. The molecule has 4 aromatic rings. The van der Waals surface area contributed by atoms with E-state index in [4.69, 9.17) is 24.4 Å². The van der Waals surface area contributed by atoms with E-state index in [-0.39, 0.29) is 17.4 Å². The number of esters is 1. The Morgan fingerprint density at radius 2 is 1.97 bits per heavy atom. The zero-order chi connectivity index (χ0) is 26.1. The van der Waals surface area contributed by atoms with Gasteiger partial charge < -0.3 is 24.4 Å². The molecule has 7 nitrogen and oxygen atoms in total. The lowest BCUT2D eigenvalue weighted by molar-refractivity contribution is 0.0702. The van der Waals surface area contributed by atoms with Crippen molar-refractivity contribution in [3.8, 4) is 23.3 Å². The number of carbonyl (C=O) groups excluding carboxylic acids is 1. The summed E-state index contributed by atoms with van der Waals surface area (Å²) in [5.41, 5.74) is 9.29. The molecule has 1 atom stereocenters. The van der Waals surface area contributed by atoms with Crippen molar-refractivity contribution in [1.29, 1.82) is 5.26 Å². The normalized spacial score (nSPS) is 14.6. The standard InChI is InChI=1S/C29H23BrN2O5/c1-3-11-34-19-6-4-5-17(12-19)26-21-9-8-20(14-25(21)37-28(32)23(26)15-31)35-29(33)27-16(2)22-13-18(30)7-10-24(22)36-27/h4-10,12-14,26H,3,11,32H2,1-2H3. The first-order chi connectivity index (χ1) is 17.9. The summed E-state index contributed by atoms with van der Waals surface area (Å²) in [7, 11) is 0. The summed E-state index contributed by atoms with van der Waals surface area (Å²) in [5.74, 6) is 0.413. The maximum atomic E-state index is 13.0. The van der Waals surface area contributed by atoms with Crippen LogP contribution in [0.15, 0.2) is 81.0 Å². The highest BCUT2D eigenvalue weighted by molar-refractivity contribution is 9.10. The minimum Gasteiger partial charge on any atom is -0.494 e. The van der Waals surface area contributed by atoms with Crippen LogP contribution in [0.4, 0.5) is 0 Å². The monoisotopic (exact) mass is 558 g/mol. The van der Waals surface area contributed by atoms with Gasteiger partial charge in [0.1, 0.15) is 34.5 Å². The van der Waals surface area contributed by atoms with Gasteiger partial charge in [0.25, 0.3) is 0 Å². The Labute approximate surface area is 222 Å². The zero-order valence-electron chi connectivity index (χ0n) is 20.2. The topological polar surface area (TPSA) is 108 Å². The molecule has 0 amide bonds. The summed E-state index contributed by atoms with van der Waals surface area (Å²) in [6, 6.07) is 20.3. The molecule has 1 aromatic heterocycles. The van der Waals surface area contributed by atoms with Crippen LogP contribution in [-0.2, 0) is 0 Å². The summed E-state index contributed by atoms with van der Waals surface area (Å²) in [6.07, 6.45) is 0.882. The van der Waals surface area contributed by atoms with E-state index in [1.165, 1.54) is 0 Å². The van der Waals surface area contributed by atoms with E-state index >= 15 is 0 Å². The van der Waals surface area contributed by atoms with Crippen LogP contribution in [0.5, 0.6) is 17.2 Å². The lowest BCUT2D eigenvalue weighted by Gasteiger charge is -2.27. The van der Waals surface area contributed by atoms with Crippen molar-refractivity contribution in [3.63, 3.8) is 0 Å². The van der Waals surface area contributed by atoms with Crippen LogP contribution in [0.25, 0.3) is 11.0 Å². The van der Waals surface area contributed by atoms with Gasteiger partial charge in [-0.15, -0.1) is 0 Å². The van der Waals surface area contributed by atoms with Gasteiger partial charge in [-0.05, 0) is 55.3 Å². The molecule has 2 heterocycles. The second-order valence-electron chi connectivity index (χ2n) is 8.63. The van der Waals surface area contributed by atoms with Crippen molar-refractivity contribution in [1.82, 2.24) is 0 Å². The number of nitriles is 1. The number of fused-ring (bicyclic) bond motifs is 2. The highest BCUT2D eigenvalue weighted by Gasteiger charge is 2.31. The quantitative estimate of drug-likeness (QED) is 0.206. The maximum absolute atomic E-state index is 13.0. The second kappa shape index (κ2) is 10.0. The molecule has 8 heteroatoms. The lowest BCUT2D eigenvalue weighted by Crippen LogP contribution is -2.21. The predicted molar refractivity (Wildman–Crippen MR) is 142 cm³/mol. The first-order valence-electron chi connectivity index (χ1n) is 11.7. The number of nitrogens with two attached hydrogens (primary N) is 1. The third-order valence-corrected chi connectivity index (χ3v) is 6.64. The van der Waals surface area contributed by atoms with Crippen LogP contribution in [0.2, 0.25) is 0 Å². The van der Waals surface area contributed by atoms with Gasteiger partial charge in [0.2, 0.25) is 11.6 Å². The van der Waals surface area contributed by atoms with Gasteiger partial charge in [0, 0.05) is 27.1 Å². The van der Waals surface area contributed by atoms with Gasteiger partial charge in [0.05, 0.1) is 12.5 Å². The van der Waals surface area contributed by atoms with E-state index in [9.17, 15) is 10.1 Å². The Morgan fingerprint density at radius 3 is 2.76 bits per heavy atom. The van der Waals surface area contributed by atoms with Crippen molar-refractivity contribution in [2.75, 3.05) is 6.61 Å². The van der Waals surface area contributed by atoms with Crippen LogP contribution in [0, 0.1) is 18.3 Å². The summed E-state index contributed by atoms with van der Waals surface area (Å²) in [6.45, 7) is 4.44. The van der Waals surface area contributed by atoms with E-state index in [2.05, 4.69) is 22.0 Å². The Bertz CT molecular complexity index is 1600. The number of carbonyl (C=O) groups is 1. The Kier molecular flexibility index (Phi) is 6.64. The molecule has 3 aromatic carbocycles. The van der Waals surface area contributed by atoms with Gasteiger partial charge >= 0.3 is 5.97 Å². The highest BCUT2D eigenvalue weighted by Crippen LogP contribution is 2.44. The first kappa shape index (κ1) is 24.5. The number of benzene rings is 3. The minimum atomic E-state index is -0.626. The predicted octanol–water partition coefficient (Wildman–Crippen LogP) is 6.73. The molecule has 1 unspecified atom stereocenters. The Balaban J connectivity index is 1.47. The number of halogens is 1. The summed E-state index contributed by atoms with van der Waals surface area (Å²) in [5, 5.41) is 10.7. The van der Waals surface area contributed by atoms with Crippen molar-refractivity contribution in [2.24, 2.45) is 5.73 Å². The minimum absolute atomic E-state index is 0.00191. The van der Waals surface area contributed by atoms with Gasteiger partial charge in [0.15, 0.2) is 0 Å². The van der Waals surface area contributed by atoms with Crippen LogP contribution < -0.4 is 19.9 Å². The second-order valence-corrected chi connectivity index (χ2v) is 9.55. The van der Waals surface area contributed by atoms with Crippen LogP contribution >= 0.6 is 15.9 Å². The Hall–Kier alpha value is -4.22. The zero-order valence-corrected chi connectivity index (χ0v) is 21.8. The number of hydrogen-bond acceptors (Lipinski definition) is 7. The molecule has 0 saturated heterocycles. The van der Waals surface area contributed by atoms with E-state index in [0.29, 0.717) is 34.8 Å². The van der Waals surface area contributed by atoms with Gasteiger partial charge in [-0.1, -0.05) is 41.1 Å². The summed E-state index contributed by atoms with van der Waals surface area (Å²) < 4.78 is 23.8. The number of rotatable bonds is 6. The van der Waals surface area contributed by atoms with E-state index in [1.54, 1.807) is 24.3 Å². The van der Waals surface area contributed by atoms with Crippen LogP contribution in [0.1, 0.15) is 46.5 Å². The fourth-order valence-corrected chi connectivity index (χ4v) is 4.75. The molecule has 2 N–H and O–H groups in total. The maximum Gasteiger partial charge on any atom is 0.379 e. The molecule has 37 heavy (non-hydrogen) atoms. The number of furan rings is 1. The number of nitrogens with zero attached hydrogens (tertiary/aromatic N) is 1. The molecule has 0 fully saturated rings. The van der Waals surface area contributed by atoms with E-state index in [0.717, 1.165) is 27.4 Å². The molecule has 0 radical (unpaired) electrons. The third kappa shape index (κ3) is 4.66. The molecular weight excluding hydrogens is 536 g/mol. The molecule has 1 aliphatic rings. The van der Waals surface area contributed by atoms with Crippen molar-refractivity contribution >= 4 is 32.9 Å². The summed E-state index contributed by atoms with van der Waals surface area (Å²) in [4.78, 5) is 13.0. The summed E-state index contributed by atoms with van der Waals surface area (Å²) >= 11 is 3.44. The number of ether oxygens (including phenoxy) is 3. The molecule has 186 valence electrons. The SMILES string of the molecule is CCCOc1cccc(C2C(C#N)=C(N)Oc3cc(OC(=O)c4oc5ccc(Br)cc5c4C)ccc32)c1. The third-order valence-electron chi connectivity index (χ3n) is 6.15. The number of allylic oxidation sites excluding steroid dienone is 1. The van der Waals surface area contributed by atoms with Crippen LogP contribution in [0.3, 0.4) is 0 Å². The lowest BCUT2D eigenvalue weighted by atomic mass is 9.83. The average molecular weight is 559 g/mol. The Morgan fingerprint density at radius 1 is 1.14 bits per heavy atom. The van der Waals surface area contributed by atoms with Gasteiger partial charge in [-0.2, -0.15) is 5.26 Å². The average Bonchev–Trinajstić information content (AvgIpc) is 3.22. The van der Waals surface area contributed by atoms with Crippen molar-refractivity contribution in [2.45, 2.75) is 26.2 Å².